The zero-order chi connectivity index (χ0) is 21.3. The number of amides is 2. The van der Waals surface area contributed by atoms with E-state index < -0.39 is 21.3 Å². The molecule has 0 radical (unpaired) electrons. The first-order valence-electron chi connectivity index (χ1n) is 9.56. The van der Waals surface area contributed by atoms with Crippen LogP contribution in [-0.2, 0) is 14.8 Å². The van der Waals surface area contributed by atoms with Crippen LogP contribution in [-0.4, -0.2) is 56.1 Å². The zero-order valence-corrected chi connectivity index (χ0v) is 18.4. The molecule has 156 valence electrons. The van der Waals surface area contributed by atoms with E-state index in [0.717, 1.165) is 17.4 Å². The average molecular weight is 410 g/mol. The van der Waals surface area contributed by atoms with Crippen molar-refractivity contribution in [2.45, 2.75) is 47.1 Å². The maximum Gasteiger partial charge on any atom is 0.251 e. The summed E-state index contributed by atoms with van der Waals surface area (Å²) in [4.78, 5) is 27.2. The monoisotopic (exact) mass is 409 g/mol. The van der Waals surface area contributed by atoms with Crippen molar-refractivity contribution in [3.05, 3.63) is 29.8 Å². The minimum absolute atomic E-state index is 0.180. The van der Waals surface area contributed by atoms with Crippen molar-refractivity contribution >= 4 is 27.5 Å². The second-order valence-electron chi connectivity index (χ2n) is 8.42. The lowest BCUT2D eigenvalue weighted by Gasteiger charge is -2.37. The van der Waals surface area contributed by atoms with Gasteiger partial charge in [0.25, 0.3) is 5.91 Å². The van der Waals surface area contributed by atoms with Crippen molar-refractivity contribution in [3.8, 4) is 0 Å². The van der Waals surface area contributed by atoms with E-state index in [1.54, 1.807) is 26.0 Å². The molecule has 0 spiro atoms. The minimum atomic E-state index is -3.70. The molecule has 2 amide bonds. The Morgan fingerprint density at radius 1 is 1.18 bits per heavy atom. The molecule has 1 N–H and O–H groups in total. The van der Waals surface area contributed by atoms with Crippen molar-refractivity contribution in [3.63, 3.8) is 0 Å². The van der Waals surface area contributed by atoms with E-state index in [0.29, 0.717) is 12.1 Å². The summed E-state index contributed by atoms with van der Waals surface area (Å²) < 4.78 is 25.6. The number of likely N-dealkylation sites (N-methyl/N-ethyl adjacent to an activating group) is 1. The van der Waals surface area contributed by atoms with Crippen LogP contribution in [0.4, 0.5) is 5.69 Å². The molecule has 0 aromatic heterocycles. The van der Waals surface area contributed by atoms with E-state index in [1.165, 1.54) is 12.1 Å². The molecular formula is C20H31N3O4S. The minimum Gasteiger partial charge on any atom is -0.350 e. The molecule has 0 unspecified atom stereocenters. The molecule has 0 bridgehead atoms. The van der Waals surface area contributed by atoms with Gasteiger partial charge in [-0.2, -0.15) is 0 Å². The van der Waals surface area contributed by atoms with Gasteiger partial charge >= 0.3 is 0 Å². The van der Waals surface area contributed by atoms with Gasteiger partial charge in [0.1, 0.15) is 0 Å². The SMILES string of the molecule is CCN(CC)C(C)(C)CNC(=O)c1ccc(N2C(=O)C(C)(C)CS2(=O)=O)cc1. The fourth-order valence-electron chi connectivity index (χ4n) is 3.60. The first-order chi connectivity index (χ1) is 12.9. The summed E-state index contributed by atoms with van der Waals surface area (Å²) in [5.41, 5.74) is -0.455. The van der Waals surface area contributed by atoms with Crippen LogP contribution < -0.4 is 9.62 Å². The fraction of sp³-hybridized carbons (Fsp3) is 0.600. The molecule has 8 heteroatoms. The molecule has 1 aliphatic rings. The molecule has 1 aliphatic heterocycles. The largest absolute Gasteiger partial charge is 0.350 e. The molecule has 28 heavy (non-hydrogen) atoms. The quantitative estimate of drug-likeness (QED) is 0.746. The van der Waals surface area contributed by atoms with E-state index >= 15 is 0 Å². The molecular weight excluding hydrogens is 378 g/mol. The Hall–Kier alpha value is -1.93. The average Bonchev–Trinajstić information content (AvgIpc) is 2.76. The fourth-order valence-corrected chi connectivity index (χ4v) is 5.71. The predicted octanol–water partition coefficient (Wildman–Crippen LogP) is 2.24. The van der Waals surface area contributed by atoms with Gasteiger partial charge in [0, 0.05) is 17.6 Å². The summed E-state index contributed by atoms with van der Waals surface area (Å²) in [6.07, 6.45) is 0. The number of hydrogen-bond acceptors (Lipinski definition) is 5. The smallest absolute Gasteiger partial charge is 0.251 e. The van der Waals surface area contributed by atoms with Crippen molar-refractivity contribution in [1.29, 1.82) is 0 Å². The van der Waals surface area contributed by atoms with Gasteiger partial charge in [-0.1, -0.05) is 13.8 Å². The van der Waals surface area contributed by atoms with Crippen LogP contribution in [0.25, 0.3) is 0 Å². The van der Waals surface area contributed by atoms with Gasteiger partial charge in [-0.15, -0.1) is 0 Å². The highest BCUT2D eigenvalue weighted by atomic mass is 32.2. The van der Waals surface area contributed by atoms with Gasteiger partial charge in [0.2, 0.25) is 15.9 Å². The topological polar surface area (TPSA) is 86.8 Å². The standard InChI is InChI=1S/C20H31N3O4S/c1-7-22(8-2)20(5,6)13-21-17(24)15-9-11-16(12-10-15)23-18(25)19(3,4)14-28(23,26)27/h9-12H,7-8,13-14H2,1-6H3,(H,21,24). The molecule has 0 aliphatic carbocycles. The van der Waals surface area contributed by atoms with Crippen LogP contribution in [0, 0.1) is 5.41 Å². The predicted molar refractivity (Wildman–Crippen MR) is 111 cm³/mol. The molecule has 1 fully saturated rings. The molecule has 1 aromatic rings. The van der Waals surface area contributed by atoms with E-state index in [4.69, 9.17) is 0 Å². The number of carbonyl (C=O) groups is 2. The highest BCUT2D eigenvalue weighted by molar-refractivity contribution is 7.94. The van der Waals surface area contributed by atoms with E-state index in [1.807, 2.05) is 0 Å². The summed E-state index contributed by atoms with van der Waals surface area (Å²) in [5, 5.41) is 2.94. The van der Waals surface area contributed by atoms with Crippen molar-refractivity contribution in [1.82, 2.24) is 10.2 Å². The van der Waals surface area contributed by atoms with Gasteiger partial charge in [0.15, 0.2) is 0 Å². The lowest BCUT2D eigenvalue weighted by molar-refractivity contribution is -0.123. The van der Waals surface area contributed by atoms with Gasteiger partial charge in [-0.05, 0) is 65.0 Å². The van der Waals surface area contributed by atoms with Gasteiger partial charge in [-0.3, -0.25) is 14.5 Å². The Bertz CT molecular complexity index is 841. The molecule has 1 aromatic carbocycles. The molecule has 0 saturated carbocycles. The summed E-state index contributed by atoms with van der Waals surface area (Å²) >= 11 is 0. The number of anilines is 1. The van der Waals surface area contributed by atoms with E-state index in [9.17, 15) is 18.0 Å². The number of sulfonamides is 1. The number of nitrogens with one attached hydrogen (secondary N) is 1. The number of hydrogen-bond donors (Lipinski definition) is 1. The third-order valence-electron chi connectivity index (χ3n) is 5.25. The lowest BCUT2D eigenvalue weighted by Crippen LogP contribution is -2.51. The molecule has 1 saturated heterocycles. The van der Waals surface area contributed by atoms with E-state index in [2.05, 4.69) is 37.9 Å². The summed E-state index contributed by atoms with van der Waals surface area (Å²) in [5.74, 6) is -0.907. The Balaban J connectivity index is 2.13. The molecule has 1 heterocycles. The molecule has 0 atom stereocenters. The molecule has 7 nitrogen and oxygen atoms in total. The van der Waals surface area contributed by atoms with Gasteiger partial charge in [-0.25, -0.2) is 12.7 Å². The van der Waals surface area contributed by atoms with Crippen molar-refractivity contribution in [2.24, 2.45) is 5.41 Å². The number of nitrogens with zero attached hydrogens (tertiary/aromatic N) is 2. The number of benzene rings is 1. The van der Waals surface area contributed by atoms with Crippen molar-refractivity contribution < 1.29 is 18.0 Å². The van der Waals surface area contributed by atoms with Crippen LogP contribution in [0.15, 0.2) is 24.3 Å². The maximum absolute atomic E-state index is 12.5. The summed E-state index contributed by atoms with van der Waals surface area (Å²) in [7, 11) is -3.70. The van der Waals surface area contributed by atoms with Crippen LogP contribution in [0.5, 0.6) is 0 Å². The van der Waals surface area contributed by atoms with Gasteiger partial charge in [0.05, 0.1) is 16.9 Å². The zero-order valence-electron chi connectivity index (χ0n) is 17.6. The van der Waals surface area contributed by atoms with Crippen LogP contribution in [0.2, 0.25) is 0 Å². The lowest BCUT2D eigenvalue weighted by atomic mass is 9.95. The number of carbonyl (C=O) groups excluding carboxylic acids is 2. The van der Waals surface area contributed by atoms with Crippen LogP contribution in [0.1, 0.15) is 51.9 Å². The normalized spacial score (nSPS) is 18.5. The first kappa shape index (κ1) is 22.4. The Morgan fingerprint density at radius 2 is 1.71 bits per heavy atom. The Morgan fingerprint density at radius 3 is 2.14 bits per heavy atom. The second kappa shape index (κ2) is 7.83. The number of rotatable bonds is 7. The van der Waals surface area contributed by atoms with Crippen LogP contribution in [0.3, 0.4) is 0 Å². The summed E-state index contributed by atoms with van der Waals surface area (Å²) in [6.45, 7) is 13.8. The van der Waals surface area contributed by atoms with Crippen LogP contribution >= 0.6 is 0 Å². The van der Waals surface area contributed by atoms with Gasteiger partial charge < -0.3 is 5.32 Å². The third kappa shape index (κ3) is 4.38. The first-order valence-corrected chi connectivity index (χ1v) is 11.2. The van der Waals surface area contributed by atoms with Crippen molar-refractivity contribution in [2.75, 3.05) is 29.7 Å². The molecule has 2 rings (SSSR count). The maximum atomic E-state index is 12.5. The third-order valence-corrected chi connectivity index (χ3v) is 7.27. The second-order valence-corrected chi connectivity index (χ2v) is 10.2. The Kier molecular flexibility index (Phi) is 6.25. The summed E-state index contributed by atoms with van der Waals surface area (Å²) in [6, 6.07) is 6.09. The highest BCUT2D eigenvalue weighted by Gasteiger charge is 2.49. The highest BCUT2D eigenvalue weighted by Crippen LogP contribution is 2.35. The van der Waals surface area contributed by atoms with E-state index in [-0.39, 0.29) is 22.9 Å². The Labute approximate surface area is 168 Å².